The molecule has 82 valence electrons. The van der Waals surface area contributed by atoms with Crippen molar-refractivity contribution in [2.75, 3.05) is 20.8 Å². The summed E-state index contributed by atoms with van der Waals surface area (Å²) in [4.78, 5) is 13.6. The standard InChI is InChI=1S/C11H21NO2/c1-12(11(13)8-9-14-2)10-6-4-3-5-7-10/h10H,3-9H2,1-2H3. The fourth-order valence-corrected chi connectivity index (χ4v) is 2.04. The van der Waals surface area contributed by atoms with Gasteiger partial charge in [0.25, 0.3) is 0 Å². The average Bonchev–Trinajstić information content (AvgIpc) is 2.26. The summed E-state index contributed by atoms with van der Waals surface area (Å²) in [5, 5.41) is 0. The van der Waals surface area contributed by atoms with E-state index < -0.39 is 0 Å². The van der Waals surface area contributed by atoms with Crippen LogP contribution >= 0.6 is 0 Å². The SMILES string of the molecule is COCCC(=O)N(C)C1CCCCC1. The minimum Gasteiger partial charge on any atom is -0.384 e. The maximum atomic E-state index is 11.6. The quantitative estimate of drug-likeness (QED) is 0.691. The molecule has 0 aromatic rings. The predicted octanol–water partition coefficient (Wildman–Crippen LogP) is 1.81. The number of hydrogen-bond acceptors (Lipinski definition) is 2. The van der Waals surface area contributed by atoms with Gasteiger partial charge in [0.2, 0.25) is 5.91 Å². The molecule has 0 radical (unpaired) electrons. The third kappa shape index (κ3) is 3.29. The molecule has 0 saturated heterocycles. The van der Waals surface area contributed by atoms with E-state index >= 15 is 0 Å². The van der Waals surface area contributed by atoms with E-state index in [1.165, 1.54) is 32.1 Å². The molecule has 1 aliphatic rings. The van der Waals surface area contributed by atoms with E-state index in [0.717, 1.165) is 0 Å². The van der Waals surface area contributed by atoms with Crippen molar-refractivity contribution in [3.63, 3.8) is 0 Å². The first-order valence-electron chi connectivity index (χ1n) is 5.50. The Morgan fingerprint density at radius 1 is 1.36 bits per heavy atom. The Bertz CT molecular complexity index is 176. The lowest BCUT2D eigenvalue weighted by Crippen LogP contribution is -2.38. The third-order valence-corrected chi connectivity index (χ3v) is 3.04. The number of nitrogens with zero attached hydrogens (tertiary/aromatic N) is 1. The molecule has 0 aromatic carbocycles. The van der Waals surface area contributed by atoms with Crippen LogP contribution in [0.15, 0.2) is 0 Å². The number of ether oxygens (including phenoxy) is 1. The minimum absolute atomic E-state index is 0.221. The van der Waals surface area contributed by atoms with E-state index in [1.54, 1.807) is 7.11 Å². The molecule has 3 nitrogen and oxygen atoms in total. The molecule has 1 aliphatic carbocycles. The first kappa shape index (κ1) is 11.5. The van der Waals surface area contributed by atoms with Crippen molar-refractivity contribution in [2.45, 2.75) is 44.6 Å². The van der Waals surface area contributed by atoms with Crippen LogP contribution in [0.2, 0.25) is 0 Å². The first-order chi connectivity index (χ1) is 6.75. The Morgan fingerprint density at radius 3 is 2.57 bits per heavy atom. The summed E-state index contributed by atoms with van der Waals surface area (Å²) in [5.41, 5.74) is 0. The van der Waals surface area contributed by atoms with Crippen molar-refractivity contribution in [3.8, 4) is 0 Å². The van der Waals surface area contributed by atoms with Gasteiger partial charge in [0.15, 0.2) is 0 Å². The number of carbonyl (C=O) groups is 1. The number of methoxy groups -OCH3 is 1. The van der Waals surface area contributed by atoms with Crippen LogP contribution in [-0.2, 0) is 9.53 Å². The molecule has 0 spiro atoms. The van der Waals surface area contributed by atoms with Crippen LogP contribution in [0.4, 0.5) is 0 Å². The van der Waals surface area contributed by atoms with Crippen molar-refractivity contribution in [3.05, 3.63) is 0 Å². The Balaban J connectivity index is 2.30. The highest BCUT2D eigenvalue weighted by Crippen LogP contribution is 2.21. The molecule has 0 unspecified atom stereocenters. The van der Waals surface area contributed by atoms with Crippen LogP contribution in [0, 0.1) is 0 Å². The molecule has 1 amide bonds. The van der Waals surface area contributed by atoms with Gasteiger partial charge in [-0.3, -0.25) is 4.79 Å². The maximum absolute atomic E-state index is 11.6. The van der Waals surface area contributed by atoms with Gasteiger partial charge < -0.3 is 9.64 Å². The van der Waals surface area contributed by atoms with E-state index in [9.17, 15) is 4.79 Å². The number of carbonyl (C=O) groups excluding carboxylic acids is 1. The largest absolute Gasteiger partial charge is 0.384 e. The van der Waals surface area contributed by atoms with E-state index in [2.05, 4.69) is 0 Å². The number of hydrogen-bond donors (Lipinski definition) is 0. The Morgan fingerprint density at radius 2 is 2.00 bits per heavy atom. The summed E-state index contributed by atoms with van der Waals surface area (Å²) in [7, 11) is 3.56. The summed E-state index contributed by atoms with van der Waals surface area (Å²) in [6.07, 6.45) is 6.74. The fraction of sp³-hybridized carbons (Fsp3) is 0.909. The van der Waals surface area contributed by atoms with Gasteiger partial charge >= 0.3 is 0 Å². The second-order valence-corrected chi connectivity index (χ2v) is 4.04. The lowest BCUT2D eigenvalue weighted by atomic mass is 9.94. The van der Waals surface area contributed by atoms with Crippen LogP contribution in [0.1, 0.15) is 38.5 Å². The van der Waals surface area contributed by atoms with Crippen LogP contribution in [-0.4, -0.2) is 37.6 Å². The van der Waals surface area contributed by atoms with Crippen LogP contribution in [0.25, 0.3) is 0 Å². The molecule has 0 aromatic heterocycles. The molecule has 0 aliphatic heterocycles. The smallest absolute Gasteiger partial charge is 0.224 e. The van der Waals surface area contributed by atoms with Gasteiger partial charge in [0.1, 0.15) is 0 Å². The molecule has 1 fully saturated rings. The highest BCUT2D eigenvalue weighted by atomic mass is 16.5. The zero-order valence-corrected chi connectivity index (χ0v) is 9.29. The maximum Gasteiger partial charge on any atom is 0.224 e. The molecule has 0 atom stereocenters. The highest BCUT2D eigenvalue weighted by molar-refractivity contribution is 5.76. The van der Waals surface area contributed by atoms with Gasteiger partial charge in [-0.2, -0.15) is 0 Å². The van der Waals surface area contributed by atoms with Gasteiger partial charge in [-0.1, -0.05) is 19.3 Å². The van der Waals surface area contributed by atoms with Gasteiger partial charge in [-0.15, -0.1) is 0 Å². The number of amides is 1. The zero-order chi connectivity index (χ0) is 10.4. The molecule has 0 bridgehead atoms. The molecular formula is C11H21NO2. The van der Waals surface area contributed by atoms with Crippen molar-refractivity contribution in [1.82, 2.24) is 4.90 Å². The zero-order valence-electron chi connectivity index (χ0n) is 9.29. The van der Waals surface area contributed by atoms with Gasteiger partial charge in [0.05, 0.1) is 13.0 Å². The molecule has 0 heterocycles. The summed E-state index contributed by atoms with van der Waals surface area (Å²) < 4.78 is 4.90. The fourth-order valence-electron chi connectivity index (χ4n) is 2.04. The van der Waals surface area contributed by atoms with E-state index in [-0.39, 0.29) is 5.91 Å². The van der Waals surface area contributed by atoms with Gasteiger partial charge in [-0.25, -0.2) is 0 Å². The Labute approximate surface area is 86.4 Å². The third-order valence-electron chi connectivity index (χ3n) is 3.04. The van der Waals surface area contributed by atoms with E-state index in [4.69, 9.17) is 4.74 Å². The lowest BCUT2D eigenvalue weighted by Gasteiger charge is -2.31. The van der Waals surface area contributed by atoms with Crippen molar-refractivity contribution in [1.29, 1.82) is 0 Å². The van der Waals surface area contributed by atoms with Gasteiger partial charge in [0, 0.05) is 20.2 Å². The first-order valence-corrected chi connectivity index (χ1v) is 5.50. The summed E-state index contributed by atoms with van der Waals surface area (Å²) >= 11 is 0. The summed E-state index contributed by atoms with van der Waals surface area (Å²) in [5.74, 6) is 0.221. The van der Waals surface area contributed by atoms with Crippen molar-refractivity contribution in [2.24, 2.45) is 0 Å². The Hall–Kier alpha value is -0.570. The second kappa shape index (κ2) is 6.02. The lowest BCUT2D eigenvalue weighted by molar-refractivity contribution is -0.133. The predicted molar refractivity (Wildman–Crippen MR) is 56.1 cm³/mol. The molecule has 1 saturated carbocycles. The molecule has 14 heavy (non-hydrogen) atoms. The van der Waals surface area contributed by atoms with Crippen molar-refractivity contribution < 1.29 is 9.53 Å². The van der Waals surface area contributed by atoms with Crippen molar-refractivity contribution >= 4 is 5.91 Å². The van der Waals surface area contributed by atoms with E-state index in [0.29, 0.717) is 19.1 Å². The monoisotopic (exact) mass is 199 g/mol. The highest BCUT2D eigenvalue weighted by Gasteiger charge is 2.21. The second-order valence-electron chi connectivity index (χ2n) is 4.04. The van der Waals surface area contributed by atoms with Gasteiger partial charge in [-0.05, 0) is 12.8 Å². The molecular weight excluding hydrogens is 178 g/mol. The summed E-state index contributed by atoms with van der Waals surface area (Å²) in [6, 6.07) is 0.480. The number of rotatable bonds is 4. The average molecular weight is 199 g/mol. The van der Waals surface area contributed by atoms with Crippen LogP contribution in [0.5, 0.6) is 0 Å². The molecule has 1 rings (SSSR count). The molecule has 0 N–H and O–H groups in total. The van der Waals surface area contributed by atoms with E-state index in [1.807, 2.05) is 11.9 Å². The van der Waals surface area contributed by atoms with Crippen LogP contribution < -0.4 is 0 Å². The summed E-state index contributed by atoms with van der Waals surface area (Å²) in [6.45, 7) is 0.538. The normalized spacial score (nSPS) is 18.1. The minimum atomic E-state index is 0.221. The van der Waals surface area contributed by atoms with Crippen LogP contribution in [0.3, 0.4) is 0 Å². The Kier molecular flexibility index (Phi) is 4.94. The topological polar surface area (TPSA) is 29.5 Å². The molecule has 3 heteroatoms.